The van der Waals surface area contributed by atoms with Gasteiger partial charge >= 0.3 is 0 Å². The van der Waals surface area contributed by atoms with E-state index in [0.717, 1.165) is 57.8 Å². The van der Waals surface area contributed by atoms with E-state index in [4.69, 9.17) is 4.74 Å². The van der Waals surface area contributed by atoms with Crippen molar-refractivity contribution in [1.82, 2.24) is 15.1 Å². The molecular weight excluding hydrogens is 238 g/mol. The monoisotopic (exact) mass is 265 g/mol. The van der Waals surface area contributed by atoms with Gasteiger partial charge in [0, 0.05) is 32.0 Å². The third-order valence-corrected chi connectivity index (χ3v) is 4.14. The van der Waals surface area contributed by atoms with Crippen LogP contribution in [0.1, 0.15) is 38.1 Å². The minimum Gasteiger partial charge on any atom is -0.381 e. The van der Waals surface area contributed by atoms with Gasteiger partial charge in [-0.1, -0.05) is 6.92 Å². The summed E-state index contributed by atoms with van der Waals surface area (Å²) in [7, 11) is 0. The molecule has 0 bridgehead atoms. The number of hydrogen-bond acceptors (Lipinski definition) is 3. The van der Waals surface area contributed by atoms with E-state index in [1.165, 1.54) is 5.69 Å². The summed E-state index contributed by atoms with van der Waals surface area (Å²) in [6, 6.07) is 2.24. The van der Waals surface area contributed by atoms with Crippen LogP contribution in [0.4, 0.5) is 0 Å². The van der Waals surface area contributed by atoms with Gasteiger partial charge in [0.15, 0.2) is 0 Å². The third kappa shape index (κ3) is 3.57. The molecule has 1 aliphatic heterocycles. The van der Waals surface area contributed by atoms with E-state index in [9.17, 15) is 0 Å². The first-order valence-electron chi connectivity index (χ1n) is 7.51. The number of nitrogens with zero attached hydrogens (tertiary/aromatic N) is 2. The van der Waals surface area contributed by atoms with E-state index in [2.05, 4.69) is 41.9 Å². The van der Waals surface area contributed by atoms with E-state index in [0.29, 0.717) is 5.41 Å². The Morgan fingerprint density at radius 2 is 2.11 bits per heavy atom. The lowest BCUT2D eigenvalue weighted by Gasteiger charge is -2.37. The summed E-state index contributed by atoms with van der Waals surface area (Å²) in [5.41, 5.74) is 2.84. The quantitative estimate of drug-likeness (QED) is 0.856. The number of rotatable bonds is 6. The molecule has 1 aromatic rings. The van der Waals surface area contributed by atoms with Crippen molar-refractivity contribution in [3.8, 4) is 0 Å². The number of ether oxygens (including phenoxy) is 1. The number of hydrogen-bond donors (Lipinski definition) is 1. The van der Waals surface area contributed by atoms with E-state index in [-0.39, 0.29) is 0 Å². The molecule has 19 heavy (non-hydrogen) atoms. The Bertz CT molecular complexity index is 394. The van der Waals surface area contributed by atoms with Gasteiger partial charge in [0.05, 0.1) is 5.69 Å². The Hall–Kier alpha value is -0.870. The van der Waals surface area contributed by atoms with Crippen LogP contribution in [0.3, 0.4) is 0 Å². The molecule has 0 unspecified atom stereocenters. The van der Waals surface area contributed by atoms with Gasteiger partial charge in [-0.05, 0) is 51.1 Å². The van der Waals surface area contributed by atoms with Gasteiger partial charge in [0.1, 0.15) is 0 Å². The molecule has 1 N–H and O–H groups in total. The summed E-state index contributed by atoms with van der Waals surface area (Å²) in [4.78, 5) is 0. The fourth-order valence-corrected chi connectivity index (χ4v) is 3.01. The SMILES string of the molecule is CCNCC1(Cc2cc(C)nn2CC)CCOCC1. The predicted octanol–water partition coefficient (Wildman–Crippen LogP) is 2.16. The van der Waals surface area contributed by atoms with Gasteiger partial charge in [-0.3, -0.25) is 4.68 Å². The van der Waals surface area contributed by atoms with Crippen molar-refractivity contribution in [2.75, 3.05) is 26.3 Å². The highest BCUT2D eigenvalue weighted by atomic mass is 16.5. The third-order valence-electron chi connectivity index (χ3n) is 4.14. The molecule has 108 valence electrons. The van der Waals surface area contributed by atoms with E-state index >= 15 is 0 Å². The fraction of sp³-hybridized carbons (Fsp3) is 0.800. The van der Waals surface area contributed by atoms with Gasteiger partial charge in [0.25, 0.3) is 0 Å². The highest BCUT2D eigenvalue weighted by molar-refractivity contribution is 5.12. The fourth-order valence-electron chi connectivity index (χ4n) is 3.01. The molecule has 1 aliphatic rings. The van der Waals surface area contributed by atoms with Crippen molar-refractivity contribution >= 4 is 0 Å². The Kier molecular flexibility index (Phi) is 4.99. The minimum absolute atomic E-state index is 0.341. The first-order chi connectivity index (χ1) is 9.19. The average molecular weight is 265 g/mol. The first-order valence-corrected chi connectivity index (χ1v) is 7.51. The van der Waals surface area contributed by atoms with Crippen LogP contribution in [-0.2, 0) is 17.7 Å². The molecule has 0 radical (unpaired) electrons. The molecule has 1 aromatic heterocycles. The Labute approximate surface area is 116 Å². The molecular formula is C15H27N3O. The highest BCUT2D eigenvalue weighted by Crippen LogP contribution is 2.34. The molecule has 1 saturated heterocycles. The summed E-state index contributed by atoms with van der Waals surface area (Å²) < 4.78 is 7.71. The average Bonchev–Trinajstić information content (AvgIpc) is 2.77. The summed E-state index contributed by atoms with van der Waals surface area (Å²) >= 11 is 0. The second kappa shape index (κ2) is 6.53. The van der Waals surface area contributed by atoms with Crippen LogP contribution < -0.4 is 5.32 Å². The standard InChI is InChI=1S/C15H27N3O/c1-4-16-12-15(6-8-19-9-7-15)11-14-10-13(3)17-18(14)5-2/h10,16H,4-9,11-12H2,1-3H3. The zero-order chi connectivity index (χ0) is 13.7. The summed E-state index contributed by atoms with van der Waals surface area (Å²) in [5, 5.41) is 8.11. The highest BCUT2D eigenvalue weighted by Gasteiger charge is 2.33. The summed E-state index contributed by atoms with van der Waals surface area (Å²) in [6.07, 6.45) is 3.40. The van der Waals surface area contributed by atoms with Gasteiger partial charge in [-0.25, -0.2) is 0 Å². The van der Waals surface area contributed by atoms with Gasteiger partial charge < -0.3 is 10.1 Å². The number of aryl methyl sites for hydroxylation is 2. The normalized spacial score (nSPS) is 18.7. The largest absolute Gasteiger partial charge is 0.381 e. The molecule has 0 aromatic carbocycles. The Morgan fingerprint density at radius 1 is 1.37 bits per heavy atom. The summed E-state index contributed by atoms with van der Waals surface area (Å²) in [6.45, 7) is 11.3. The first kappa shape index (κ1) is 14.5. The van der Waals surface area contributed by atoms with Crippen molar-refractivity contribution < 1.29 is 4.74 Å². The molecule has 0 amide bonds. The van der Waals surface area contributed by atoms with Crippen molar-refractivity contribution in [3.63, 3.8) is 0 Å². The van der Waals surface area contributed by atoms with Crippen molar-refractivity contribution in [2.45, 2.75) is 46.6 Å². The molecule has 4 heteroatoms. The van der Waals surface area contributed by atoms with Crippen molar-refractivity contribution in [2.24, 2.45) is 5.41 Å². The zero-order valence-electron chi connectivity index (χ0n) is 12.5. The molecule has 4 nitrogen and oxygen atoms in total. The maximum atomic E-state index is 5.55. The van der Waals surface area contributed by atoms with Gasteiger partial charge in [0.2, 0.25) is 0 Å². The van der Waals surface area contributed by atoms with Crippen LogP contribution >= 0.6 is 0 Å². The van der Waals surface area contributed by atoms with Crippen molar-refractivity contribution in [3.05, 3.63) is 17.5 Å². The molecule has 0 aliphatic carbocycles. The lowest BCUT2D eigenvalue weighted by atomic mass is 9.76. The molecule has 2 rings (SSSR count). The molecule has 0 saturated carbocycles. The van der Waals surface area contributed by atoms with E-state index < -0.39 is 0 Å². The second-order valence-corrected chi connectivity index (χ2v) is 5.66. The maximum Gasteiger partial charge on any atom is 0.0596 e. The van der Waals surface area contributed by atoms with Gasteiger partial charge in [-0.2, -0.15) is 5.10 Å². The lowest BCUT2D eigenvalue weighted by Crippen LogP contribution is -2.41. The van der Waals surface area contributed by atoms with Gasteiger partial charge in [-0.15, -0.1) is 0 Å². The van der Waals surface area contributed by atoms with E-state index in [1.54, 1.807) is 0 Å². The minimum atomic E-state index is 0.341. The van der Waals surface area contributed by atoms with E-state index in [1.807, 2.05) is 0 Å². The molecule has 1 fully saturated rings. The molecule has 0 atom stereocenters. The van der Waals surface area contributed by atoms with Crippen LogP contribution in [0.5, 0.6) is 0 Å². The van der Waals surface area contributed by atoms with Crippen LogP contribution in [-0.4, -0.2) is 36.1 Å². The van der Waals surface area contributed by atoms with Crippen molar-refractivity contribution in [1.29, 1.82) is 0 Å². The smallest absolute Gasteiger partial charge is 0.0596 e. The topological polar surface area (TPSA) is 39.1 Å². The summed E-state index contributed by atoms with van der Waals surface area (Å²) in [5.74, 6) is 0. The lowest BCUT2D eigenvalue weighted by molar-refractivity contribution is 0.0142. The predicted molar refractivity (Wildman–Crippen MR) is 77.4 cm³/mol. The van der Waals surface area contributed by atoms with Crippen LogP contribution in [0.2, 0.25) is 0 Å². The zero-order valence-corrected chi connectivity index (χ0v) is 12.5. The maximum absolute atomic E-state index is 5.55. The van der Waals surface area contributed by atoms with Crippen LogP contribution in [0, 0.1) is 12.3 Å². The van der Waals surface area contributed by atoms with Crippen LogP contribution in [0.15, 0.2) is 6.07 Å². The number of aromatic nitrogens is 2. The Balaban J connectivity index is 2.14. The second-order valence-electron chi connectivity index (χ2n) is 5.66. The Morgan fingerprint density at radius 3 is 2.74 bits per heavy atom. The number of nitrogens with one attached hydrogen (secondary N) is 1. The molecule has 0 spiro atoms. The molecule has 2 heterocycles. The van der Waals surface area contributed by atoms with Crippen LogP contribution in [0.25, 0.3) is 0 Å².